The van der Waals surface area contributed by atoms with Crippen LogP contribution in [0.2, 0.25) is 0 Å². The summed E-state index contributed by atoms with van der Waals surface area (Å²) in [4.78, 5) is 15.3. The second-order valence-electron chi connectivity index (χ2n) is 7.54. The number of nitrogens with zero attached hydrogens (tertiary/aromatic N) is 3. The Morgan fingerprint density at radius 1 is 1.13 bits per heavy atom. The highest BCUT2D eigenvalue weighted by atomic mass is 16.5. The summed E-state index contributed by atoms with van der Waals surface area (Å²) < 4.78 is 11.7. The van der Waals surface area contributed by atoms with Gasteiger partial charge in [0, 0.05) is 37.4 Å². The maximum absolute atomic E-state index is 6.23. The summed E-state index contributed by atoms with van der Waals surface area (Å²) in [6.07, 6.45) is 0. The monoisotopic (exact) mass is 418 g/mol. The van der Waals surface area contributed by atoms with E-state index in [0.717, 1.165) is 70.7 Å². The van der Waals surface area contributed by atoms with Gasteiger partial charge in [-0.1, -0.05) is 18.2 Å². The van der Waals surface area contributed by atoms with Crippen molar-refractivity contribution >= 4 is 33.6 Å². The highest BCUT2D eigenvalue weighted by Crippen LogP contribution is 2.40. The van der Waals surface area contributed by atoms with Gasteiger partial charge in [-0.3, -0.25) is 0 Å². The molecule has 2 aromatic heterocycles. The molecule has 0 spiro atoms. The number of fused-ring (bicyclic) bond motifs is 3. The fourth-order valence-corrected chi connectivity index (χ4v) is 4.14. The van der Waals surface area contributed by atoms with Crippen molar-refractivity contribution in [2.45, 2.75) is 6.92 Å². The lowest BCUT2D eigenvalue weighted by Gasteiger charge is -2.27. The van der Waals surface area contributed by atoms with Crippen molar-refractivity contribution in [2.24, 2.45) is 0 Å². The predicted octanol–water partition coefficient (Wildman–Crippen LogP) is 3.18. The van der Waals surface area contributed by atoms with E-state index in [9.17, 15) is 0 Å². The van der Waals surface area contributed by atoms with Gasteiger partial charge in [-0.2, -0.15) is 4.98 Å². The van der Waals surface area contributed by atoms with Gasteiger partial charge >= 0.3 is 0 Å². The van der Waals surface area contributed by atoms with E-state index in [0.29, 0.717) is 18.4 Å². The van der Waals surface area contributed by atoms with Gasteiger partial charge in [-0.15, -0.1) is 0 Å². The maximum atomic E-state index is 6.23. The first kappa shape index (κ1) is 19.4. The molecule has 0 amide bonds. The van der Waals surface area contributed by atoms with E-state index < -0.39 is 0 Å². The molecule has 1 aliphatic heterocycles. The summed E-state index contributed by atoms with van der Waals surface area (Å²) in [5, 5.41) is 4.28. The summed E-state index contributed by atoms with van der Waals surface area (Å²) in [5.74, 6) is 1.96. The van der Waals surface area contributed by atoms with Crippen LogP contribution in [0.3, 0.4) is 0 Å². The molecule has 2 aromatic carbocycles. The number of rotatable bonds is 5. The Labute approximate surface area is 180 Å². The highest BCUT2D eigenvalue weighted by molar-refractivity contribution is 6.11. The summed E-state index contributed by atoms with van der Waals surface area (Å²) in [7, 11) is 1.67. The number of hydrogen-bond acceptors (Lipinski definition) is 7. The molecular weight excluding hydrogens is 392 g/mol. The number of benzene rings is 2. The molecule has 1 saturated heterocycles. The number of hydrogen-bond donors (Lipinski definition) is 3. The molecule has 8 heteroatoms. The molecule has 5 rings (SSSR count). The molecular formula is C23H26N6O2. The van der Waals surface area contributed by atoms with Crippen LogP contribution in [0.15, 0.2) is 36.4 Å². The van der Waals surface area contributed by atoms with Crippen LogP contribution >= 0.6 is 0 Å². The van der Waals surface area contributed by atoms with Crippen molar-refractivity contribution in [3.8, 4) is 22.8 Å². The van der Waals surface area contributed by atoms with E-state index in [2.05, 4.69) is 21.3 Å². The Balaban J connectivity index is 1.75. The van der Waals surface area contributed by atoms with E-state index in [-0.39, 0.29) is 0 Å². The number of nitrogens with two attached hydrogens (primary N) is 1. The summed E-state index contributed by atoms with van der Waals surface area (Å²) >= 11 is 0. The number of methoxy groups -OCH3 is 1. The van der Waals surface area contributed by atoms with Crippen LogP contribution in [-0.4, -0.2) is 54.8 Å². The average molecular weight is 419 g/mol. The van der Waals surface area contributed by atoms with E-state index in [1.807, 2.05) is 37.3 Å². The zero-order valence-corrected chi connectivity index (χ0v) is 17.7. The van der Waals surface area contributed by atoms with Gasteiger partial charge in [0.15, 0.2) is 0 Å². The van der Waals surface area contributed by atoms with Crippen molar-refractivity contribution in [3.63, 3.8) is 0 Å². The maximum Gasteiger partial charge on any atom is 0.243 e. The number of aromatic nitrogens is 3. The fourth-order valence-electron chi connectivity index (χ4n) is 4.14. The van der Waals surface area contributed by atoms with E-state index in [1.54, 1.807) is 7.11 Å². The zero-order valence-electron chi connectivity index (χ0n) is 17.7. The number of anilines is 2. The van der Waals surface area contributed by atoms with Gasteiger partial charge in [0.05, 0.1) is 24.6 Å². The second kappa shape index (κ2) is 7.96. The first-order valence-corrected chi connectivity index (χ1v) is 10.5. The van der Waals surface area contributed by atoms with E-state index >= 15 is 0 Å². The standard InChI is InChI=1S/C23H26N6O2/c1-3-31-22-21-20(27-23(28-22)29-10-8-25-9-11-29)19-17(26-21)12-14(13-18(19)30-2)15-6-4-5-7-16(15)24/h4-7,12-13,25-26H,3,8-11,24H2,1-2H3. The third-order valence-corrected chi connectivity index (χ3v) is 5.64. The molecule has 31 heavy (non-hydrogen) atoms. The largest absolute Gasteiger partial charge is 0.496 e. The van der Waals surface area contributed by atoms with Crippen molar-refractivity contribution in [2.75, 3.05) is 50.5 Å². The highest BCUT2D eigenvalue weighted by Gasteiger charge is 2.22. The molecule has 4 N–H and O–H groups in total. The Kier molecular flexibility index (Phi) is 4.99. The smallest absolute Gasteiger partial charge is 0.243 e. The van der Waals surface area contributed by atoms with Crippen molar-refractivity contribution in [3.05, 3.63) is 36.4 Å². The number of ether oxygens (including phenoxy) is 2. The minimum absolute atomic E-state index is 0.519. The normalized spacial score (nSPS) is 14.3. The van der Waals surface area contributed by atoms with E-state index in [1.165, 1.54) is 0 Å². The lowest BCUT2D eigenvalue weighted by atomic mass is 10.0. The van der Waals surface area contributed by atoms with Gasteiger partial charge in [0.2, 0.25) is 11.8 Å². The molecule has 0 aliphatic carbocycles. The SMILES string of the molecule is CCOc1nc(N2CCNCC2)nc2c1[nH]c1cc(-c3ccccc3N)cc(OC)c12. The van der Waals surface area contributed by atoms with Crippen LogP contribution in [0.5, 0.6) is 11.6 Å². The first-order valence-electron chi connectivity index (χ1n) is 10.5. The second-order valence-corrected chi connectivity index (χ2v) is 7.54. The summed E-state index contributed by atoms with van der Waals surface area (Å²) in [6, 6.07) is 11.9. The molecule has 0 atom stereocenters. The molecule has 3 heterocycles. The first-order chi connectivity index (χ1) is 15.2. The molecule has 160 valence electrons. The number of nitrogens with one attached hydrogen (secondary N) is 2. The minimum Gasteiger partial charge on any atom is -0.496 e. The number of H-pyrrole nitrogens is 1. The van der Waals surface area contributed by atoms with Gasteiger partial charge in [0.1, 0.15) is 16.8 Å². The number of piperazine rings is 1. The van der Waals surface area contributed by atoms with Crippen molar-refractivity contribution < 1.29 is 9.47 Å². The van der Waals surface area contributed by atoms with E-state index in [4.69, 9.17) is 25.2 Å². The lowest BCUT2D eigenvalue weighted by molar-refractivity contribution is 0.330. The lowest BCUT2D eigenvalue weighted by Crippen LogP contribution is -2.44. The predicted molar refractivity (Wildman–Crippen MR) is 124 cm³/mol. The third-order valence-electron chi connectivity index (χ3n) is 5.64. The van der Waals surface area contributed by atoms with Crippen LogP contribution in [0.4, 0.5) is 11.6 Å². The fraction of sp³-hybridized carbons (Fsp3) is 0.304. The van der Waals surface area contributed by atoms with Gasteiger partial charge in [-0.25, -0.2) is 4.98 Å². The Morgan fingerprint density at radius 3 is 2.68 bits per heavy atom. The Morgan fingerprint density at radius 2 is 1.94 bits per heavy atom. The summed E-state index contributed by atoms with van der Waals surface area (Å²) in [6.45, 7) is 6.00. The van der Waals surface area contributed by atoms with Crippen LogP contribution in [-0.2, 0) is 0 Å². The minimum atomic E-state index is 0.519. The van der Waals surface area contributed by atoms with Gasteiger partial charge in [-0.05, 0) is 30.7 Å². The average Bonchev–Trinajstić information content (AvgIpc) is 3.18. The van der Waals surface area contributed by atoms with Gasteiger partial charge in [0.25, 0.3) is 0 Å². The van der Waals surface area contributed by atoms with Crippen LogP contribution in [0, 0.1) is 0 Å². The number of para-hydroxylation sites is 1. The number of aromatic amines is 1. The molecule has 0 unspecified atom stereocenters. The molecule has 0 bridgehead atoms. The molecule has 0 radical (unpaired) electrons. The topological polar surface area (TPSA) is 101 Å². The van der Waals surface area contributed by atoms with Gasteiger partial charge < -0.3 is 30.4 Å². The summed E-state index contributed by atoms with van der Waals surface area (Å²) in [5.41, 5.74) is 11.3. The third kappa shape index (κ3) is 3.38. The molecule has 1 aliphatic rings. The molecule has 1 fully saturated rings. The zero-order chi connectivity index (χ0) is 21.4. The molecule has 8 nitrogen and oxygen atoms in total. The van der Waals surface area contributed by atoms with Crippen LogP contribution in [0.25, 0.3) is 33.1 Å². The number of nitrogen functional groups attached to an aromatic ring is 1. The van der Waals surface area contributed by atoms with Crippen molar-refractivity contribution in [1.82, 2.24) is 20.3 Å². The van der Waals surface area contributed by atoms with Crippen LogP contribution in [0.1, 0.15) is 6.92 Å². The Bertz CT molecular complexity index is 1250. The van der Waals surface area contributed by atoms with Crippen LogP contribution < -0.4 is 25.4 Å². The molecule has 4 aromatic rings. The van der Waals surface area contributed by atoms with Crippen molar-refractivity contribution in [1.29, 1.82) is 0 Å². The quantitative estimate of drug-likeness (QED) is 0.428. The molecule has 0 saturated carbocycles. The Hall–Kier alpha value is -3.52.